The Labute approximate surface area is 161 Å². The molecular formula is C18H18N2O7S. The molecule has 0 atom stereocenters. The van der Waals surface area contributed by atoms with Gasteiger partial charge in [0, 0.05) is 13.1 Å². The van der Waals surface area contributed by atoms with Crippen LogP contribution in [0.2, 0.25) is 0 Å². The number of nitrogens with one attached hydrogen (secondary N) is 2. The Balaban J connectivity index is 1.83. The van der Waals surface area contributed by atoms with Crippen molar-refractivity contribution in [1.82, 2.24) is 5.32 Å². The summed E-state index contributed by atoms with van der Waals surface area (Å²) in [5.74, 6) is -0.525. The van der Waals surface area contributed by atoms with Crippen molar-refractivity contribution in [3.63, 3.8) is 0 Å². The van der Waals surface area contributed by atoms with Gasteiger partial charge in [0.2, 0.25) is 0 Å². The molecule has 2 aromatic carbocycles. The quantitative estimate of drug-likeness (QED) is 0.691. The maximum absolute atomic E-state index is 12.8. The molecule has 0 saturated heterocycles. The molecule has 0 fully saturated rings. The normalized spacial score (nSPS) is 12.8. The molecule has 0 unspecified atom stereocenters. The Morgan fingerprint density at radius 2 is 1.79 bits per heavy atom. The topological polar surface area (TPSA) is 120 Å². The predicted molar refractivity (Wildman–Crippen MR) is 99.0 cm³/mol. The van der Waals surface area contributed by atoms with E-state index in [-0.39, 0.29) is 16.1 Å². The molecular weight excluding hydrogens is 388 g/mol. The molecule has 1 amide bonds. The van der Waals surface area contributed by atoms with E-state index >= 15 is 0 Å². The molecule has 2 aromatic rings. The third-order valence-corrected chi connectivity index (χ3v) is 5.19. The summed E-state index contributed by atoms with van der Waals surface area (Å²) in [4.78, 5) is 23.4. The monoisotopic (exact) mass is 406 g/mol. The van der Waals surface area contributed by atoms with Crippen molar-refractivity contribution in [1.29, 1.82) is 0 Å². The van der Waals surface area contributed by atoms with Gasteiger partial charge >= 0.3 is 5.97 Å². The van der Waals surface area contributed by atoms with E-state index < -0.39 is 28.5 Å². The average molecular weight is 406 g/mol. The van der Waals surface area contributed by atoms with Crippen LogP contribution in [-0.2, 0) is 19.6 Å². The Morgan fingerprint density at radius 3 is 2.54 bits per heavy atom. The van der Waals surface area contributed by atoms with Crippen LogP contribution in [0.15, 0.2) is 47.4 Å². The van der Waals surface area contributed by atoms with Gasteiger partial charge in [0.05, 0.1) is 16.1 Å². The van der Waals surface area contributed by atoms with Crippen molar-refractivity contribution >= 4 is 27.6 Å². The van der Waals surface area contributed by atoms with Crippen LogP contribution in [-0.4, -0.2) is 47.2 Å². The average Bonchev–Trinajstić information content (AvgIpc) is 2.71. The van der Waals surface area contributed by atoms with E-state index in [9.17, 15) is 18.0 Å². The molecule has 1 aliphatic heterocycles. The molecule has 28 heavy (non-hydrogen) atoms. The largest absolute Gasteiger partial charge is 0.486 e. The zero-order valence-electron chi connectivity index (χ0n) is 14.9. The number of sulfonamides is 1. The number of para-hydroxylation sites is 1. The summed E-state index contributed by atoms with van der Waals surface area (Å²) in [6.07, 6.45) is 0. The van der Waals surface area contributed by atoms with E-state index in [4.69, 9.17) is 14.2 Å². The third kappa shape index (κ3) is 4.34. The van der Waals surface area contributed by atoms with E-state index in [0.29, 0.717) is 24.7 Å². The first-order valence-electron chi connectivity index (χ1n) is 8.30. The van der Waals surface area contributed by atoms with Gasteiger partial charge < -0.3 is 19.5 Å². The summed E-state index contributed by atoms with van der Waals surface area (Å²) in [6, 6.07) is 10.2. The van der Waals surface area contributed by atoms with Gasteiger partial charge in [-0.15, -0.1) is 0 Å². The molecule has 2 N–H and O–H groups in total. The summed E-state index contributed by atoms with van der Waals surface area (Å²) in [7, 11) is -2.60. The first kappa shape index (κ1) is 19.5. The highest BCUT2D eigenvalue weighted by Gasteiger charge is 2.22. The maximum atomic E-state index is 12.8. The van der Waals surface area contributed by atoms with E-state index in [0.717, 1.165) is 0 Å². The molecule has 0 aromatic heterocycles. The van der Waals surface area contributed by atoms with Gasteiger partial charge in [0.1, 0.15) is 13.2 Å². The number of esters is 1. The van der Waals surface area contributed by atoms with Crippen molar-refractivity contribution in [3.8, 4) is 11.5 Å². The number of ether oxygens (including phenoxy) is 3. The number of hydrogen-bond acceptors (Lipinski definition) is 7. The lowest BCUT2D eigenvalue weighted by Gasteiger charge is -2.19. The van der Waals surface area contributed by atoms with Crippen LogP contribution >= 0.6 is 0 Å². The molecule has 0 saturated carbocycles. The van der Waals surface area contributed by atoms with Crippen molar-refractivity contribution in [2.45, 2.75) is 4.90 Å². The minimum absolute atomic E-state index is 0.0208. The lowest BCUT2D eigenvalue weighted by atomic mass is 10.2. The van der Waals surface area contributed by atoms with Crippen LogP contribution in [0.25, 0.3) is 0 Å². The highest BCUT2D eigenvalue weighted by Crippen LogP contribution is 2.33. The van der Waals surface area contributed by atoms with Gasteiger partial charge in [-0.3, -0.25) is 9.52 Å². The summed E-state index contributed by atoms with van der Waals surface area (Å²) >= 11 is 0. The minimum Gasteiger partial charge on any atom is -0.486 e. The SMILES string of the molecule is CNC(=O)COC(=O)c1ccccc1NS(=O)(=O)c1ccc2c(c1)OCCO2. The molecule has 0 aliphatic carbocycles. The highest BCUT2D eigenvalue weighted by atomic mass is 32.2. The molecule has 9 nitrogen and oxygen atoms in total. The lowest BCUT2D eigenvalue weighted by Crippen LogP contribution is -2.25. The van der Waals surface area contributed by atoms with E-state index in [1.165, 1.54) is 37.4 Å². The smallest absolute Gasteiger partial charge is 0.340 e. The molecule has 1 aliphatic rings. The summed E-state index contributed by atoms with van der Waals surface area (Å²) < 4.78 is 43.6. The van der Waals surface area contributed by atoms with E-state index in [1.54, 1.807) is 12.1 Å². The lowest BCUT2D eigenvalue weighted by molar-refractivity contribution is -0.123. The Bertz CT molecular complexity index is 1000. The summed E-state index contributed by atoms with van der Waals surface area (Å²) in [5.41, 5.74) is 0.00631. The number of carbonyl (C=O) groups is 2. The molecule has 1 heterocycles. The third-order valence-electron chi connectivity index (χ3n) is 3.83. The van der Waals surface area contributed by atoms with Crippen LogP contribution < -0.4 is 19.5 Å². The van der Waals surface area contributed by atoms with Gasteiger partial charge in [-0.2, -0.15) is 0 Å². The molecule has 0 radical (unpaired) electrons. The summed E-state index contributed by atoms with van der Waals surface area (Å²) in [5, 5.41) is 2.32. The Kier molecular flexibility index (Phi) is 5.69. The van der Waals surface area contributed by atoms with Crippen molar-refractivity contribution in [2.24, 2.45) is 0 Å². The minimum atomic E-state index is -4.01. The Hall–Kier alpha value is -3.27. The molecule has 3 rings (SSSR count). The molecule has 0 spiro atoms. The fourth-order valence-corrected chi connectivity index (χ4v) is 3.52. The van der Waals surface area contributed by atoms with Crippen molar-refractivity contribution in [2.75, 3.05) is 31.6 Å². The molecule has 10 heteroatoms. The molecule has 0 bridgehead atoms. The van der Waals surface area contributed by atoms with Crippen molar-refractivity contribution < 1.29 is 32.2 Å². The number of hydrogen-bond donors (Lipinski definition) is 2. The fourth-order valence-electron chi connectivity index (χ4n) is 2.43. The van der Waals surface area contributed by atoms with Gasteiger partial charge in [-0.1, -0.05) is 12.1 Å². The second kappa shape index (κ2) is 8.17. The van der Waals surface area contributed by atoms with Gasteiger partial charge in [-0.05, 0) is 24.3 Å². The van der Waals surface area contributed by atoms with Gasteiger partial charge in [0.15, 0.2) is 18.1 Å². The van der Waals surface area contributed by atoms with Crippen LogP contribution in [0, 0.1) is 0 Å². The number of anilines is 1. The van der Waals surface area contributed by atoms with Gasteiger partial charge in [-0.25, -0.2) is 13.2 Å². The van der Waals surface area contributed by atoms with E-state index in [2.05, 4.69) is 10.0 Å². The standard InChI is InChI=1S/C18H18N2O7S/c1-19-17(21)11-27-18(22)13-4-2-3-5-14(13)20-28(23,24)12-6-7-15-16(10-12)26-9-8-25-15/h2-7,10,20H,8-9,11H2,1H3,(H,19,21). The van der Waals surface area contributed by atoms with Crippen molar-refractivity contribution in [3.05, 3.63) is 48.0 Å². The highest BCUT2D eigenvalue weighted by molar-refractivity contribution is 7.92. The number of benzene rings is 2. The number of fused-ring (bicyclic) bond motifs is 1. The van der Waals surface area contributed by atoms with Gasteiger partial charge in [0.25, 0.3) is 15.9 Å². The second-order valence-electron chi connectivity index (χ2n) is 5.71. The Morgan fingerprint density at radius 1 is 1.07 bits per heavy atom. The number of likely N-dealkylation sites (N-methyl/N-ethyl adjacent to an activating group) is 1. The zero-order chi connectivity index (χ0) is 20.1. The number of amides is 1. The first-order chi connectivity index (χ1) is 13.4. The zero-order valence-corrected chi connectivity index (χ0v) is 15.7. The number of carbonyl (C=O) groups excluding carboxylic acids is 2. The number of rotatable bonds is 6. The van der Waals surface area contributed by atoms with Crippen LogP contribution in [0.4, 0.5) is 5.69 Å². The van der Waals surface area contributed by atoms with Crippen LogP contribution in [0.5, 0.6) is 11.5 Å². The maximum Gasteiger partial charge on any atom is 0.340 e. The van der Waals surface area contributed by atoms with Crippen LogP contribution in [0.3, 0.4) is 0 Å². The predicted octanol–water partition coefficient (Wildman–Crippen LogP) is 1.16. The first-order valence-corrected chi connectivity index (χ1v) is 9.78. The summed E-state index contributed by atoms with van der Waals surface area (Å²) in [6.45, 7) is 0.241. The fraction of sp³-hybridized carbons (Fsp3) is 0.222. The van der Waals surface area contributed by atoms with E-state index in [1.807, 2.05) is 0 Å². The molecule has 148 valence electrons. The van der Waals surface area contributed by atoms with Crippen LogP contribution in [0.1, 0.15) is 10.4 Å². The second-order valence-corrected chi connectivity index (χ2v) is 7.39.